The zero-order valence-electron chi connectivity index (χ0n) is 12.1. The molecule has 1 aromatic heterocycles. The number of aliphatic hydroxyl groups excluding tert-OH is 1. The molecule has 1 N–H and O–H groups in total. The molecule has 0 aliphatic carbocycles. The molecule has 6 heteroatoms. The molecule has 5 nitrogen and oxygen atoms in total. The number of halogens is 1. The summed E-state index contributed by atoms with van der Waals surface area (Å²) in [7, 11) is 0. The molecule has 0 spiro atoms. The van der Waals surface area contributed by atoms with Gasteiger partial charge in [-0.05, 0) is 18.2 Å². The summed E-state index contributed by atoms with van der Waals surface area (Å²) in [5, 5.41) is 17.6. The first-order chi connectivity index (χ1) is 11.3. The third kappa shape index (κ3) is 2.24. The van der Waals surface area contributed by atoms with Crippen LogP contribution in [-0.4, -0.2) is 25.6 Å². The summed E-state index contributed by atoms with van der Waals surface area (Å²) in [6.45, 7) is 0.0675. The topological polar surface area (TPSA) is 63.3 Å². The first-order valence-electron chi connectivity index (χ1n) is 7.22. The van der Waals surface area contributed by atoms with Crippen LogP contribution in [0.15, 0.2) is 53.5 Å². The van der Waals surface area contributed by atoms with Crippen molar-refractivity contribution in [3.63, 3.8) is 0 Å². The molecule has 0 bridgehead atoms. The van der Waals surface area contributed by atoms with Crippen molar-refractivity contribution in [3.8, 4) is 5.69 Å². The molecule has 0 amide bonds. The van der Waals surface area contributed by atoms with Crippen LogP contribution >= 0.6 is 0 Å². The van der Waals surface area contributed by atoms with E-state index in [1.165, 1.54) is 12.1 Å². The number of hydrogen-bond acceptors (Lipinski definition) is 4. The molecule has 2 aromatic carbocycles. The zero-order valence-corrected chi connectivity index (χ0v) is 12.1. The Morgan fingerprint density at radius 1 is 1.09 bits per heavy atom. The van der Waals surface area contributed by atoms with Gasteiger partial charge in [0.25, 0.3) is 0 Å². The third-order valence-corrected chi connectivity index (χ3v) is 3.82. The van der Waals surface area contributed by atoms with Gasteiger partial charge in [0.15, 0.2) is 11.6 Å². The van der Waals surface area contributed by atoms with Gasteiger partial charge in [0.1, 0.15) is 19.0 Å². The highest BCUT2D eigenvalue weighted by Crippen LogP contribution is 2.26. The number of aliphatic imine (C=N–C) groups is 1. The van der Waals surface area contributed by atoms with Crippen LogP contribution in [0.1, 0.15) is 22.8 Å². The standard InChI is InChI=1S/C17H13FN4O/c18-12-6-7-14-13(8-12)17(11-4-2-1-3-5-11)19-9-15-20-21-16(10-23)22(14)15/h1-8,23H,9-10H2. The summed E-state index contributed by atoms with van der Waals surface area (Å²) in [4.78, 5) is 4.61. The van der Waals surface area contributed by atoms with Crippen LogP contribution in [0, 0.1) is 5.82 Å². The number of rotatable bonds is 2. The Morgan fingerprint density at radius 3 is 2.70 bits per heavy atom. The van der Waals surface area contributed by atoms with Crippen LogP contribution < -0.4 is 0 Å². The summed E-state index contributed by atoms with van der Waals surface area (Å²) in [6, 6.07) is 14.1. The second kappa shape index (κ2) is 5.40. The second-order valence-electron chi connectivity index (χ2n) is 5.22. The Kier molecular flexibility index (Phi) is 3.24. The molecule has 1 aliphatic rings. The molecule has 1 aliphatic heterocycles. The van der Waals surface area contributed by atoms with E-state index in [-0.39, 0.29) is 12.4 Å². The van der Waals surface area contributed by atoms with Crippen LogP contribution in [-0.2, 0) is 13.2 Å². The monoisotopic (exact) mass is 308 g/mol. The van der Waals surface area contributed by atoms with Crippen LogP contribution in [0.3, 0.4) is 0 Å². The summed E-state index contributed by atoms with van der Waals surface area (Å²) in [5.74, 6) is 0.694. The maximum atomic E-state index is 13.9. The summed E-state index contributed by atoms with van der Waals surface area (Å²) < 4.78 is 15.6. The molecule has 0 saturated heterocycles. The number of aliphatic hydroxyl groups is 1. The lowest BCUT2D eigenvalue weighted by Gasteiger charge is -2.13. The lowest BCUT2D eigenvalue weighted by atomic mass is 10.0. The molecule has 0 radical (unpaired) electrons. The fourth-order valence-corrected chi connectivity index (χ4v) is 2.81. The average molecular weight is 308 g/mol. The van der Waals surface area contributed by atoms with Crippen molar-refractivity contribution in [1.29, 1.82) is 0 Å². The molecule has 0 saturated carbocycles. The van der Waals surface area contributed by atoms with Crippen molar-refractivity contribution in [2.24, 2.45) is 4.99 Å². The fourth-order valence-electron chi connectivity index (χ4n) is 2.81. The largest absolute Gasteiger partial charge is 0.388 e. The van der Waals surface area contributed by atoms with E-state index in [1.54, 1.807) is 10.6 Å². The van der Waals surface area contributed by atoms with Gasteiger partial charge >= 0.3 is 0 Å². The second-order valence-corrected chi connectivity index (χ2v) is 5.22. The van der Waals surface area contributed by atoms with E-state index in [0.717, 1.165) is 11.3 Å². The summed E-state index contributed by atoms with van der Waals surface area (Å²) >= 11 is 0. The van der Waals surface area contributed by atoms with E-state index in [0.29, 0.717) is 29.5 Å². The number of fused-ring (bicyclic) bond motifs is 3. The van der Waals surface area contributed by atoms with Gasteiger partial charge < -0.3 is 5.11 Å². The molecule has 114 valence electrons. The Hall–Kier alpha value is -2.86. The quantitative estimate of drug-likeness (QED) is 0.790. The van der Waals surface area contributed by atoms with Gasteiger partial charge in [0, 0.05) is 11.1 Å². The highest BCUT2D eigenvalue weighted by molar-refractivity contribution is 6.15. The zero-order chi connectivity index (χ0) is 15.8. The van der Waals surface area contributed by atoms with Gasteiger partial charge in [-0.3, -0.25) is 9.56 Å². The van der Waals surface area contributed by atoms with E-state index >= 15 is 0 Å². The van der Waals surface area contributed by atoms with Crippen molar-refractivity contribution in [3.05, 3.63) is 77.1 Å². The summed E-state index contributed by atoms with van der Waals surface area (Å²) in [6.07, 6.45) is 0. The predicted octanol–water partition coefficient (Wildman–Crippen LogP) is 2.25. The normalized spacial score (nSPS) is 13.0. The van der Waals surface area contributed by atoms with Crippen LogP contribution in [0.25, 0.3) is 5.69 Å². The smallest absolute Gasteiger partial charge is 0.163 e. The first-order valence-corrected chi connectivity index (χ1v) is 7.22. The molecule has 0 unspecified atom stereocenters. The number of benzene rings is 2. The van der Waals surface area contributed by atoms with Crippen LogP contribution in [0.4, 0.5) is 4.39 Å². The Bertz CT molecular complexity index is 902. The SMILES string of the molecule is OCc1nnc2n1-c1ccc(F)cc1C(c1ccccc1)=NC2. The minimum atomic E-state index is -0.338. The molecule has 4 rings (SSSR count). The van der Waals surface area contributed by atoms with Gasteiger partial charge in [0.2, 0.25) is 0 Å². The molecular formula is C17H13FN4O. The van der Waals surface area contributed by atoms with Gasteiger partial charge in [-0.25, -0.2) is 4.39 Å². The van der Waals surface area contributed by atoms with Crippen molar-refractivity contribution >= 4 is 5.71 Å². The minimum absolute atomic E-state index is 0.246. The number of hydrogen-bond donors (Lipinski definition) is 1. The van der Waals surface area contributed by atoms with Crippen molar-refractivity contribution < 1.29 is 9.50 Å². The summed E-state index contributed by atoms with van der Waals surface area (Å²) in [5.41, 5.74) is 2.98. The maximum Gasteiger partial charge on any atom is 0.163 e. The molecule has 3 aromatic rings. The van der Waals surface area contributed by atoms with Crippen molar-refractivity contribution in [2.75, 3.05) is 0 Å². The molecular weight excluding hydrogens is 295 g/mol. The fraction of sp³-hybridized carbons (Fsp3) is 0.118. The van der Waals surface area contributed by atoms with Crippen molar-refractivity contribution in [2.45, 2.75) is 13.2 Å². The average Bonchev–Trinajstić information content (AvgIpc) is 2.92. The number of aromatic nitrogens is 3. The molecule has 0 fully saturated rings. The molecule has 0 atom stereocenters. The first kappa shape index (κ1) is 13.8. The van der Waals surface area contributed by atoms with E-state index in [1.807, 2.05) is 30.3 Å². The highest BCUT2D eigenvalue weighted by atomic mass is 19.1. The molecule has 2 heterocycles. The Morgan fingerprint density at radius 2 is 1.91 bits per heavy atom. The lowest BCUT2D eigenvalue weighted by Crippen LogP contribution is -2.10. The molecule has 23 heavy (non-hydrogen) atoms. The lowest BCUT2D eigenvalue weighted by molar-refractivity contribution is 0.268. The van der Waals surface area contributed by atoms with E-state index in [4.69, 9.17) is 0 Å². The predicted molar refractivity (Wildman–Crippen MR) is 83.0 cm³/mol. The Balaban J connectivity index is 2.00. The Labute approximate surface area is 131 Å². The minimum Gasteiger partial charge on any atom is -0.388 e. The van der Waals surface area contributed by atoms with Gasteiger partial charge in [-0.15, -0.1) is 10.2 Å². The van der Waals surface area contributed by atoms with Crippen LogP contribution in [0.5, 0.6) is 0 Å². The van der Waals surface area contributed by atoms with Crippen molar-refractivity contribution in [1.82, 2.24) is 14.8 Å². The highest BCUT2D eigenvalue weighted by Gasteiger charge is 2.22. The van der Waals surface area contributed by atoms with Gasteiger partial charge in [-0.2, -0.15) is 0 Å². The van der Waals surface area contributed by atoms with Crippen LogP contribution in [0.2, 0.25) is 0 Å². The van der Waals surface area contributed by atoms with Gasteiger partial charge in [-0.1, -0.05) is 30.3 Å². The van der Waals surface area contributed by atoms with E-state index in [9.17, 15) is 9.50 Å². The van der Waals surface area contributed by atoms with E-state index in [2.05, 4.69) is 15.2 Å². The van der Waals surface area contributed by atoms with Gasteiger partial charge in [0.05, 0.1) is 11.4 Å². The van der Waals surface area contributed by atoms with E-state index < -0.39 is 0 Å². The third-order valence-electron chi connectivity index (χ3n) is 3.82. The maximum absolute atomic E-state index is 13.9. The number of nitrogens with zero attached hydrogens (tertiary/aromatic N) is 4.